The molecular weight excluding hydrogens is 360 g/mol. The van der Waals surface area contributed by atoms with Crippen molar-refractivity contribution in [2.75, 3.05) is 0 Å². The van der Waals surface area contributed by atoms with Gasteiger partial charge in [-0.3, -0.25) is 0 Å². The van der Waals surface area contributed by atoms with Crippen molar-refractivity contribution in [3.63, 3.8) is 0 Å². The molecule has 4 aliphatic carbocycles. The van der Waals surface area contributed by atoms with Crippen LogP contribution in [0, 0.1) is 23.2 Å². The van der Waals surface area contributed by atoms with Gasteiger partial charge in [-0.25, -0.2) is 19.2 Å². The summed E-state index contributed by atoms with van der Waals surface area (Å²) in [6, 6.07) is 10.1. The third kappa shape index (κ3) is 2.41. The largest absolute Gasteiger partial charge is 0.216 e. The fourth-order valence-corrected chi connectivity index (χ4v) is 7.04. The second-order valence-electron chi connectivity index (χ2n) is 9.76. The Kier molecular flexibility index (Phi) is 3.13. The normalized spacial score (nSPS) is 30.6. The minimum atomic E-state index is 0.445. The minimum absolute atomic E-state index is 0.445. The van der Waals surface area contributed by atoms with Crippen LogP contribution < -0.4 is 0 Å². The molecule has 4 fully saturated rings. The quantitative estimate of drug-likeness (QED) is 0.530. The third-order valence-corrected chi connectivity index (χ3v) is 7.65. The smallest absolute Gasteiger partial charge is 0.170 e. The van der Waals surface area contributed by atoms with Crippen LogP contribution in [0.4, 0.5) is 0 Å². The lowest BCUT2D eigenvalue weighted by molar-refractivity contribution is -0.0531. The Morgan fingerprint density at radius 3 is 2.38 bits per heavy atom. The standard InChI is InChI=1S/C23H24N6/c1-2-4-18(5-3-1)29-21-19(13-25-29)22-26-20(27-28(22)14-24-21)12-23-9-15-6-16(10-23)8-17(7-15)11-23/h1-5,13-17H,6-12H2. The molecule has 6 nitrogen and oxygen atoms in total. The highest BCUT2D eigenvalue weighted by atomic mass is 15.3. The first-order chi connectivity index (χ1) is 14.2. The van der Waals surface area contributed by atoms with Crippen molar-refractivity contribution in [1.29, 1.82) is 0 Å². The SMILES string of the molecule is c1ccc(-n2ncc3c2ncn2nc(CC45CC6CC(CC(C6)C4)C5)nc32)cc1. The first-order valence-electron chi connectivity index (χ1n) is 10.9. The highest BCUT2D eigenvalue weighted by Crippen LogP contribution is 2.60. The van der Waals surface area contributed by atoms with E-state index < -0.39 is 0 Å². The van der Waals surface area contributed by atoms with Gasteiger partial charge in [0, 0.05) is 6.42 Å². The number of rotatable bonds is 3. The maximum Gasteiger partial charge on any atom is 0.170 e. The van der Waals surface area contributed by atoms with Crippen LogP contribution in [0.1, 0.15) is 44.3 Å². The highest BCUT2D eigenvalue weighted by Gasteiger charge is 2.51. The van der Waals surface area contributed by atoms with Crippen LogP contribution in [0.5, 0.6) is 0 Å². The second-order valence-corrected chi connectivity index (χ2v) is 9.76. The fraction of sp³-hybridized carbons (Fsp3) is 0.478. The van der Waals surface area contributed by atoms with Crippen LogP contribution in [-0.4, -0.2) is 29.4 Å². The van der Waals surface area contributed by atoms with Gasteiger partial charge in [-0.05, 0) is 73.8 Å². The van der Waals surface area contributed by atoms with Gasteiger partial charge in [-0.2, -0.15) is 5.10 Å². The summed E-state index contributed by atoms with van der Waals surface area (Å²) in [5.41, 5.74) is 3.16. The van der Waals surface area contributed by atoms with E-state index in [0.717, 1.165) is 52.4 Å². The lowest BCUT2D eigenvalue weighted by Gasteiger charge is -2.56. The summed E-state index contributed by atoms with van der Waals surface area (Å²) in [7, 11) is 0. The molecule has 4 saturated carbocycles. The molecule has 0 atom stereocenters. The first-order valence-corrected chi connectivity index (χ1v) is 10.9. The lowest BCUT2D eigenvalue weighted by Crippen LogP contribution is -2.47. The third-order valence-electron chi connectivity index (χ3n) is 7.65. The molecule has 0 saturated heterocycles. The molecule has 146 valence electrons. The zero-order chi connectivity index (χ0) is 19.0. The second kappa shape index (κ2) is 5.65. The Labute approximate surface area is 169 Å². The zero-order valence-electron chi connectivity index (χ0n) is 16.4. The summed E-state index contributed by atoms with van der Waals surface area (Å²) >= 11 is 0. The molecule has 4 bridgehead atoms. The maximum atomic E-state index is 4.98. The average molecular weight is 384 g/mol. The van der Waals surface area contributed by atoms with Gasteiger partial charge >= 0.3 is 0 Å². The van der Waals surface area contributed by atoms with Gasteiger partial charge in [-0.15, -0.1) is 5.10 Å². The fourth-order valence-electron chi connectivity index (χ4n) is 7.04. The number of aromatic nitrogens is 6. The van der Waals surface area contributed by atoms with Crippen molar-refractivity contribution in [2.24, 2.45) is 23.2 Å². The molecule has 4 aromatic rings. The van der Waals surface area contributed by atoms with Crippen LogP contribution in [0.3, 0.4) is 0 Å². The molecule has 6 heteroatoms. The average Bonchev–Trinajstić information content (AvgIpc) is 3.30. The van der Waals surface area contributed by atoms with Crippen molar-refractivity contribution in [1.82, 2.24) is 29.4 Å². The Balaban J connectivity index is 1.28. The van der Waals surface area contributed by atoms with Gasteiger partial charge in [0.1, 0.15) is 6.33 Å². The van der Waals surface area contributed by atoms with E-state index in [2.05, 4.69) is 10.1 Å². The summed E-state index contributed by atoms with van der Waals surface area (Å²) in [5.74, 6) is 3.84. The molecule has 0 unspecified atom stereocenters. The van der Waals surface area contributed by atoms with Crippen LogP contribution in [0.15, 0.2) is 42.9 Å². The molecule has 1 aromatic carbocycles. The number of fused-ring (bicyclic) bond motifs is 3. The molecule has 3 heterocycles. The predicted molar refractivity (Wildman–Crippen MR) is 110 cm³/mol. The summed E-state index contributed by atoms with van der Waals surface area (Å²) in [6.07, 6.45) is 13.2. The number of hydrogen-bond acceptors (Lipinski definition) is 4. The topological polar surface area (TPSA) is 60.9 Å². The van der Waals surface area contributed by atoms with Gasteiger partial charge in [-0.1, -0.05) is 18.2 Å². The van der Waals surface area contributed by atoms with E-state index >= 15 is 0 Å². The van der Waals surface area contributed by atoms with E-state index in [4.69, 9.17) is 10.1 Å². The molecule has 4 aliphatic rings. The molecule has 3 aromatic heterocycles. The Morgan fingerprint density at radius 2 is 1.66 bits per heavy atom. The van der Waals surface area contributed by atoms with E-state index in [0.29, 0.717) is 5.41 Å². The minimum Gasteiger partial charge on any atom is -0.216 e. The summed E-state index contributed by atoms with van der Waals surface area (Å²) in [5, 5.41) is 10.4. The maximum absolute atomic E-state index is 4.98. The van der Waals surface area contributed by atoms with Gasteiger partial charge in [0.2, 0.25) is 0 Å². The van der Waals surface area contributed by atoms with Crippen molar-refractivity contribution in [2.45, 2.75) is 44.9 Å². The monoisotopic (exact) mass is 384 g/mol. The van der Waals surface area contributed by atoms with E-state index in [9.17, 15) is 0 Å². The van der Waals surface area contributed by atoms with Crippen LogP contribution >= 0.6 is 0 Å². The molecule has 29 heavy (non-hydrogen) atoms. The van der Waals surface area contributed by atoms with Gasteiger partial charge in [0.15, 0.2) is 17.1 Å². The summed E-state index contributed by atoms with van der Waals surface area (Å²) in [4.78, 5) is 9.63. The van der Waals surface area contributed by atoms with Crippen molar-refractivity contribution in [3.05, 3.63) is 48.7 Å². The number of nitrogens with zero attached hydrogens (tertiary/aromatic N) is 6. The number of benzene rings is 1. The van der Waals surface area contributed by atoms with Crippen LogP contribution in [-0.2, 0) is 6.42 Å². The van der Waals surface area contributed by atoms with Crippen molar-refractivity contribution < 1.29 is 0 Å². The molecular formula is C23H24N6. The highest BCUT2D eigenvalue weighted by molar-refractivity contribution is 5.89. The van der Waals surface area contributed by atoms with Crippen molar-refractivity contribution >= 4 is 16.7 Å². The zero-order valence-corrected chi connectivity index (χ0v) is 16.4. The van der Waals surface area contributed by atoms with E-state index in [-0.39, 0.29) is 0 Å². The summed E-state index contributed by atoms with van der Waals surface area (Å²) < 4.78 is 3.72. The Hall–Kier alpha value is -2.76. The first kappa shape index (κ1) is 16.1. The van der Waals surface area contributed by atoms with Crippen LogP contribution in [0.25, 0.3) is 22.4 Å². The molecule has 0 amide bonds. The van der Waals surface area contributed by atoms with Crippen molar-refractivity contribution in [3.8, 4) is 5.69 Å². The molecule has 0 aliphatic heterocycles. The summed E-state index contributed by atoms with van der Waals surface area (Å²) in [6.45, 7) is 0. The Morgan fingerprint density at radius 1 is 0.931 bits per heavy atom. The predicted octanol–water partition coefficient (Wildman–Crippen LogP) is 4.22. The molecule has 8 rings (SSSR count). The van der Waals surface area contributed by atoms with E-state index in [1.165, 1.54) is 38.5 Å². The van der Waals surface area contributed by atoms with Gasteiger partial charge in [0.25, 0.3) is 0 Å². The Bertz CT molecular complexity index is 1190. The van der Waals surface area contributed by atoms with Gasteiger partial charge in [0.05, 0.1) is 17.3 Å². The molecule has 0 radical (unpaired) electrons. The number of hydrogen-bond donors (Lipinski definition) is 0. The lowest BCUT2D eigenvalue weighted by atomic mass is 9.49. The van der Waals surface area contributed by atoms with E-state index in [1.807, 2.05) is 45.7 Å². The van der Waals surface area contributed by atoms with E-state index in [1.54, 1.807) is 6.33 Å². The molecule has 0 spiro atoms. The van der Waals surface area contributed by atoms with Gasteiger partial charge < -0.3 is 0 Å². The molecule has 0 N–H and O–H groups in total. The number of para-hydroxylation sites is 1. The van der Waals surface area contributed by atoms with Crippen LogP contribution in [0.2, 0.25) is 0 Å².